The minimum absolute atomic E-state index is 0.0914. The average molecular weight is 389 g/mol. The number of benzene rings is 2. The zero-order valence-electron chi connectivity index (χ0n) is 15.5. The van der Waals surface area contributed by atoms with Crippen molar-refractivity contribution in [1.82, 2.24) is 0 Å². The van der Waals surface area contributed by atoms with E-state index in [1.165, 1.54) is 36.4 Å². The molecular weight excluding hydrogens is 369 g/mol. The van der Waals surface area contributed by atoms with Gasteiger partial charge in [0.15, 0.2) is 6.61 Å². The van der Waals surface area contributed by atoms with E-state index < -0.39 is 23.7 Å². The van der Waals surface area contributed by atoms with Gasteiger partial charge in [-0.3, -0.25) is 4.79 Å². The number of halogens is 1. The van der Waals surface area contributed by atoms with Gasteiger partial charge in [-0.2, -0.15) is 0 Å². The Hall–Kier alpha value is -3.42. The number of esters is 2. The number of amides is 1. The first-order valence-corrected chi connectivity index (χ1v) is 8.60. The van der Waals surface area contributed by atoms with Gasteiger partial charge in [0.05, 0.1) is 24.3 Å². The lowest BCUT2D eigenvalue weighted by molar-refractivity contribution is -0.118. The van der Waals surface area contributed by atoms with Gasteiger partial charge in [-0.25, -0.2) is 14.0 Å². The van der Waals surface area contributed by atoms with Crippen molar-refractivity contribution in [2.24, 2.45) is 0 Å². The van der Waals surface area contributed by atoms with E-state index in [1.54, 1.807) is 13.8 Å². The Morgan fingerprint density at radius 3 is 2.07 bits per heavy atom. The van der Waals surface area contributed by atoms with Gasteiger partial charge in [0.2, 0.25) is 0 Å². The molecule has 1 amide bonds. The topological polar surface area (TPSA) is 90.9 Å². The van der Waals surface area contributed by atoms with Crippen LogP contribution in [0, 0.1) is 5.82 Å². The third-order valence-electron chi connectivity index (χ3n) is 3.41. The third-order valence-corrected chi connectivity index (χ3v) is 3.41. The minimum Gasteiger partial charge on any atom is -0.484 e. The van der Waals surface area contributed by atoms with E-state index in [-0.39, 0.29) is 42.4 Å². The Labute approximate surface area is 161 Å². The van der Waals surface area contributed by atoms with E-state index in [9.17, 15) is 18.8 Å². The van der Waals surface area contributed by atoms with Crippen molar-refractivity contribution < 1.29 is 33.0 Å². The van der Waals surface area contributed by atoms with Crippen LogP contribution in [0.1, 0.15) is 34.6 Å². The highest BCUT2D eigenvalue weighted by atomic mass is 19.1. The van der Waals surface area contributed by atoms with Gasteiger partial charge in [-0.05, 0) is 44.2 Å². The molecule has 0 saturated carbocycles. The first kappa shape index (κ1) is 20.9. The first-order valence-electron chi connectivity index (χ1n) is 8.60. The van der Waals surface area contributed by atoms with Crippen molar-refractivity contribution in [1.29, 1.82) is 0 Å². The zero-order valence-corrected chi connectivity index (χ0v) is 15.5. The molecule has 8 heteroatoms. The maximum absolute atomic E-state index is 13.1. The average Bonchev–Trinajstić information content (AvgIpc) is 2.66. The quantitative estimate of drug-likeness (QED) is 0.698. The van der Waals surface area contributed by atoms with Crippen molar-refractivity contribution in [2.75, 3.05) is 25.1 Å². The molecule has 0 spiro atoms. The molecule has 148 valence electrons. The lowest BCUT2D eigenvalue weighted by Gasteiger charge is -2.11. The number of nitrogens with one attached hydrogen (secondary N) is 1. The highest BCUT2D eigenvalue weighted by Gasteiger charge is 2.16. The van der Waals surface area contributed by atoms with Crippen LogP contribution in [-0.4, -0.2) is 37.7 Å². The van der Waals surface area contributed by atoms with Crippen LogP contribution in [0.4, 0.5) is 10.1 Å². The van der Waals surface area contributed by atoms with Gasteiger partial charge < -0.3 is 19.5 Å². The standard InChI is InChI=1S/C20H20FNO6/c1-3-26-19(24)13-8-14(20(25)27-4-2)10-16(9-13)22-18(23)12-28-17-7-5-6-15(21)11-17/h5-11H,3-4,12H2,1-2H3,(H,22,23). The van der Waals surface area contributed by atoms with Crippen LogP contribution in [0.5, 0.6) is 5.75 Å². The lowest BCUT2D eigenvalue weighted by atomic mass is 10.1. The Bertz CT molecular complexity index is 831. The summed E-state index contributed by atoms with van der Waals surface area (Å²) in [6, 6.07) is 9.45. The lowest BCUT2D eigenvalue weighted by Crippen LogP contribution is -2.21. The fourth-order valence-electron chi connectivity index (χ4n) is 2.27. The van der Waals surface area contributed by atoms with Gasteiger partial charge >= 0.3 is 11.9 Å². The molecule has 0 unspecified atom stereocenters. The normalized spacial score (nSPS) is 10.1. The zero-order chi connectivity index (χ0) is 20.5. The molecule has 0 aliphatic rings. The second-order valence-electron chi connectivity index (χ2n) is 5.53. The van der Waals surface area contributed by atoms with Crippen LogP contribution in [-0.2, 0) is 14.3 Å². The van der Waals surface area contributed by atoms with Gasteiger partial charge in [-0.1, -0.05) is 6.07 Å². The molecule has 2 aromatic carbocycles. The maximum Gasteiger partial charge on any atom is 0.338 e. The highest BCUT2D eigenvalue weighted by molar-refractivity contribution is 5.99. The van der Waals surface area contributed by atoms with Crippen molar-refractivity contribution in [2.45, 2.75) is 13.8 Å². The largest absolute Gasteiger partial charge is 0.484 e. The van der Waals surface area contributed by atoms with Crippen LogP contribution in [0.2, 0.25) is 0 Å². The molecule has 7 nitrogen and oxygen atoms in total. The molecule has 28 heavy (non-hydrogen) atoms. The summed E-state index contributed by atoms with van der Waals surface area (Å²) in [5, 5.41) is 2.53. The molecule has 0 saturated heterocycles. The number of hydrogen-bond donors (Lipinski definition) is 1. The number of hydrogen-bond acceptors (Lipinski definition) is 6. The molecule has 0 atom stereocenters. The van der Waals surface area contributed by atoms with Crippen molar-refractivity contribution in [3.05, 3.63) is 59.4 Å². The number of rotatable bonds is 8. The van der Waals surface area contributed by atoms with Crippen LogP contribution in [0.25, 0.3) is 0 Å². The smallest absolute Gasteiger partial charge is 0.338 e. The molecule has 2 aromatic rings. The summed E-state index contributed by atoms with van der Waals surface area (Å²) < 4.78 is 28.2. The maximum atomic E-state index is 13.1. The van der Waals surface area contributed by atoms with Crippen molar-refractivity contribution in [3.8, 4) is 5.75 Å². The molecule has 0 fully saturated rings. The molecule has 0 aliphatic heterocycles. The summed E-state index contributed by atoms with van der Waals surface area (Å²) in [7, 11) is 0. The highest BCUT2D eigenvalue weighted by Crippen LogP contribution is 2.18. The van der Waals surface area contributed by atoms with E-state index >= 15 is 0 Å². The fraction of sp³-hybridized carbons (Fsp3) is 0.250. The van der Waals surface area contributed by atoms with Crippen LogP contribution in [0.15, 0.2) is 42.5 Å². The molecule has 0 bridgehead atoms. The molecular formula is C20H20FNO6. The van der Waals surface area contributed by atoms with Crippen molar-refractivity contribution in [3.63, 3.8) is 0 Å². The van der Waals surface area contributed by atoms with Crippen LogP contribution < -0.4 is 10.1 Å². The molecule has 0 radical (unpaired) electrons. The Morgan fingerprint density at radius 1 is 0.929 bits per heavy atom. The first-order chi connectivity index (χ1) is 13.4. The molecule has 0 aliphatic carbocycles. The summed E-state index contributed by atoms with van der Waals surface area (Å²) in [6.45, 7) is 3.23. The third kappa shape index (κ3) is 6.08. The Balaban J connectivity index is 2.14. The monoisotopic (exact) mass is 389 g/mol. The predicted octanol–water partition coefficient (Wildman–Crippen LogP) is 3.20. The van der Waals surface area contributed by atoms with Gasteiger partial charge in [0.1, 0.15) is 11.6 Å². The Morgan fingerprint density at radius 2 is 1.54 bits per heavy atom. The number of anilines is 1. The number of carbonyl (C=O) groups excluding carboxylic acids is 3. The number of ether oxygens (including phenoxy) is 3. The van der Waals surface area contributed by atoms with E-state index in [0.29, 0.717) is 0 Å². The molecule has 2 rings (SSSR count). The van der Waals surface area contributed by atoms with Gasteiger partial charge in [0.25, 0.3) is 5.91 Å². The number of carbonyl (C=O) groups is 3. The summed E-state index contributed by atoms with van der Waals surface area (Å²) in [6.07, 6.45) is 0. The van der Waals surface area contributed by atoms with E-state index in [0.717, 1.165) is 6.07 Å². The van der Waals surface area contributed by atoms with E-state index in [1.807, 2.05) is 0 Å². The second kappa shape index (κ2) is 10.1. The molecule has 0 heterocycles. The van der Waals surface area contributed by atoms with E-state index in [4.69, 9.17) is 14.2 Å². The molecule has 1 N–H and O–H groups in total. The summed E-state index contributed by atoms with van der Waals surface area (Å²) in [5.41, 5.74) is 0.379. The summed E-state index contributed by atoms with van der Waals surface area (Å²) in [5.74, 6) is -2.12. The van der Waals surface area contributed by atoms with Gasteiger partial charge in [0, 0.05) is 11.8 Å². The van der Waals surface area contributed by atoms with Crippen LogP contribution in [0.3, 0.4) is 0 Å². The minimum atomic E-state index is -0.639. The SMILES string of the molecule is CCOC(=O)c1cc(NC(=O)COc2cccc(F)c2)cc(C(=O)OCC)c1. The van der Waals surface area contributed by atoms with Gasteiger partial charge in [-0.15, -0.1) is 0 Å². The molecule has 0 aromatic heterocycles. The second-order valence-corrected chi connectivity index (χ2v) is 5.53. The summed E-state index contributed by atoms with van der Waals surface area (Å²) >= 11 is 0. The van der Waals surface area contributed by atoms with Crippen molar-refractivity contribution >= 4 is 23.5 Å². The van der Waals surface area contributed by atoms with Crippen LogP contribution >= 0.6 is 0 Å². The van der Waals surface area contributed by atoms with E-state index in [2.05, 4.69) is 5.32 Å². The predicted molar refractivity (Wildman–Crippen MR) is 98.9 cm³/mol. The fourth-order valence-corrected chi connectivity index (χ4v) is 2.27. The summed E-state index contributed by atoms with van der Waals surface area (Å²) in [4.78, 5) is 36.1. The Kier molecular flexibility index (Phi) is 7.50.